The third kappa shape index (κ3) is 5.76. The van der Waals surface area contributed by atoms with E-state index in [1.807, 2.05) is 6.92 Å². The number of likely N-dealkylation sites (tertiary alicyclic amines) is 1. The number of benzene rings is 1. The number of hydrogen-bond donors (Lipinski definition) is 1. The van der Waals surface area contributed by atoms with Crippen LogP contribution in [0, 0.1) is 6.92 Å². The van der Waals surface area contributed by atoms with Crippen molar-refractivity contribution in [3.8, 4) is 0 Å². The predicted octanol–water partition coefficient (Wildman–Crippen LogP) is 3.08. The van der Waals surface area contributed by atoms with Gasteiger partial charge in [0.05, 0.1) is 7.11 Å². The van der Waals surface area contributed by atoms with Crippen LogP contribution in [0.4, 0.5) is 5.95 Å². The molecule has 1 atom stereocenters. The monoisotopic (exact) mass is 368 g/mol. The average Bonchev–Trinajstić information content (AvgIpc) is 2.68. The smallest absolute Gasteiger partial charge is 0.356 e. The molecule has 0 spiro atoms. The van der Waals surface area contributed by atoms with Crippen molar-refractivity contribution >= 4 is 11.9 Å². The van der Waals surface area contributed by atoms with Gasteiger partial charge in [-0.2, -0.15) is 0 Å². The van der Waals surface area contributed by atoms with Gasteiger partial charge in [0.15, 0.2) is 5.69 Å². The second kappa shape index (κ2) is 9.46. The van der Waals surface area contributed by atoms with Crippen molar-refractivity contribution in [3.63, 3.8) is 0 Å². The van der Waals surface area contributed by atoms with E-state index in [2.05, 4.69) is 50.5 Å². The van der Waals surface area contributed by atoms with Crippen LogP contribution in [0.15, 0.2) is 36.4 Å². The van der Waals surface area contributed by atoms with Crippen LogP contribution in [-0.2, 0) is 11.2 Å². The molecule has 0 amide bonds. The fourth-order valence-electron chi connectivity index (χ4n) is 3.55. The third-order valence-corrected chi connectivity index (χ3v) is 4.87. The van der Waals surface area contributed by atoms with E-state index in [1.165, 1.54) is 12.7 Å². The first-order valence-electron chi connectivity index (χ1n) is 9.61. The molecule has 6 heteroatoms. The highest BCUT2D eigenvalue weighted by Crippen LogP contribution is 2.16. The first-order valence-corrected chi connectivity index (χ1v) is 9.61. The molecule has 1 aliphatic rings. The standard InChI is InChI=1S/C21H28N4O2/c1-16-14-19(20(26)27-2)24-21(22-16)23-18-11-7-13-25(15-18)12-6-10-17-8-4-3-5-9-17/h3-5,8-9,14,18H,6-7,10-13,15H2,1-2H3,(H,22,23,24). The molecular formula is C21H28N4O2. The van der Waals surface area contributed by atoms with Gasteiger partial charge in [-0.1, -0.05) is 30.3 Å². The number of nitrogens with one attached hydrogen (secondary N) is 1. The molecule has 1 unspecified atom stereocenters. The molecule has 0 aliphatic carbocycles. The average molecular weight is 368 g/mol. The van der Waals surface area contributed by atoms with Crippen LogP contribution in [0.5, 0.6) is 0 Å². The number of carbonyl (C=O) groups excluding carboxylic acids is 1. The Labute approximate surface area is 161 Å². The lowest BCUT2D eigenvalue weighted by atomic mass is 10.0. The van der Waals surface area contributed by atoms with Gasteiger partial charge >= 0.3 is 5.97 Å². The summed E-state index contributed by atoms with van der Waals surface area (Å²) in [5, 5.41) is 3.41. The summed E-state index contributed by atoms with van der Waals surface area (Å²) in [6, 6.07) is 12.6. The topological polar surface area (TPSA) is 67.3 Å². The van der Waals surface area contributed by atoms with Gasteiger partial charge in [-0.3, -0.25) is 0 Å². The summed E-state index contributed by atoms with van der Waals surface area (Å²) in [4.78, 5) is 23.0. The summed E-state index contributed by atoms with van der Waals surface area (Å²) in [6.07, 6.45) is 4.50. The highest BCUT2D eigenvalue weighted by atomic mass is 16.5. The molecule has 2 heterocycles. The first kappa shape index (κ1) is 19.3. The Bertz CT molecular complexity index is 751. The number of methoxy groups -OCH3 is 1. The lowest BCUT2D eigenvalue weighted by Crippen LogP contribution is -2.42. The molecule has 6 nitrogen and oxygen atoms in total. The Kier molecular flexibility index (Phi) is 6.76. The molecule has 27 heavy (non-hydrogen) atoms. The van der Waals surface area contributed by atoms with Gasteiger partial charge < -0.3 is 15.0 Å². The molecule has 2 aromatic rings. The molecular weight excluding hydrogens is 340 g/mol. The lowest BCUT2D eigenvalue weighted by molar-refractivity contribution is 0.0594. The van der Waals surface area contributed by atoms with Crippen molar-refractivity contribution < 1.29 is 9.53 Å². The number of ether oxygens (including phenoxy) is 1. The third-order valence-electron chi connectivity index (χ3n) is 4.87. The van der Waals surface area contributed by atoms with E-state index in [-0.39, 0.29) is 0 Å². The summed E-state index contributed by atoms with van der Waals surface area (Å²) in [5.74, 6) is 0.0706. The first-order chi connectivity index (χ1) is 13.1. The number of anilines is 1. The summed E-state index contributed by atoms with van der Waals surface area (Å²) < 4.78 is 4.77. The van der Waals surface area contributed by atoms with Gasteiger partial charge in [-0.05, 0) is 57.3 Å². The Morgan fingerprint density at radius 1 is 1.30 bits per heavy atom. The quantitative estimate of drug-likeness (QED) is 0.758. The predicted molar refractivity (Wildman–Crippen MR) is 106 cm³/mol. The number of esters is 1. The van der Waals surface area contributed by atoms with Gasteiger partial charge in [0.2, 0.25) is 5.95 Å². The summed E-state index contributed by atoms with van der Waals surface area (Å²) in [6.45, 7) is 5.06. The number of piperidine rings is 1. The van der Waals surface area contributed by atoms with Crippen LogP contribution in [0.3, 0.4) is 0 Å². The minimum Gasteiger partial charge on any atom is -0.464 e. The minimum absolute atomic E-state index is 0.294. The van der Waals surface area contributed by atoms with Crippen LogP contribution in [-0.4, -0.2) is 53.6 Å². The molecule has 1 saturated heterocycles. The maximum Gasteiger partial charge on any atom is 0.356 e. The summed E-state index contributed by atoms with van der Waals surface area (Å²) in [5.41, 5.74) is 2.44. The zero-order valence-corrected chi connectivity index (χ0v) is 16.1. The number of aryl methyl sites for hydroxylation is 2. The molecule has 0 bridgehead atoms. The number of carbonyl (C=O) groups is 1. The number of hydrogen-bond acceptors (Lipinski definition) is 6. The second-order valence-corrected chi connectivity index (χ2v) is 7.08. The number of rotatable bonds is 7. The zero-order chi connectivity index (χ0) is 19.1. The molecule has 0 saturated carbocycles. The van der Waals surface area contributed by atoms with Crippen molar-refractivity contribution in [1.82, 2.24) is 14.9 Å². The summed E-state index contributed by atoms with van der Waals surface area (Å²) >= 11 is 0. The van der Waals surface area contributed by atoms with Crippen LogP contribution in [0.2, 0.25) is 0 Å². The van der Waals surface area contributed by atoms with E-state index in [4.69, 9.17) is 4.74 Å². The number of nitrogens with zero attached hydrogens (tertiary/aromatic N) is 3. The van der Waals surface area contributed by atoms with Crippen molar-refractivity contribution in [1.29, 1.82) is 0 Å². The van der Waals surface area contributed by atoms with E-state index in [1.54, 1.807) is 6.07 Å². The van der Waals surface area contributed by atoms with Crippen molar-refractivity contribution in [2.45, 2.75) is 38.6 Å². The van der Waals surface area contributed by atoms with Gasteiger partial charge in [0, 0.05) is 18.3 Å². The zero-order valence-electron chi connectivity index (χ0n) is 16.1. The molecule has 0 radical (unpaired) electrons. The van der Waals surface area contributed by atoms with Crippen LogP contribution in [0.1, 0.15) is 41.0 Å². The highest BCUT2D eigenvalue weighted by molar-refractivity contribution is 5.87. The molecule has 1 N–H and O–H groups in total. The van der Waals surface area contributed by atoms with E-state index in [9.17, 15) is 4.79 Å². The van der Waals surface area contributed by atoms with Crippen molar-refractivity contribution in [2.24, 2.45) is 0 Å². The molecule has 144 valence electrons. The fraction of sp³-hybridized carbons (Fsp3) is 0.476. The fourth-order valence-corrected chi connectivity index (χ4v) is 3.55. The van der Waals surface area contributed by atoms with Crippen LogP contribution < -0.4 is 5.32 Å². The van der Waals surface area contributed by atoms with E-state index >= 15 is 0 Å². The van der Waals surface area contributed by atoms with Gasteiger partial charge in [-0.15, -0.1) is 0 Å². The summed E-state index contributed by atoms with van der Waals surface area (Å²) in [7, 11) is 1.36. The van der Waals surface area contributed by atoms with E-state index < -0.39 is 5.97 Å². The molecule has 1 fully saturated rings. The maximum atomic E-state index is 11.7. The molecule has 3 rings (SSSR count). The largest absolute Gasteiger partial charge is 0.464 e. The lowest BCUT2D eigenvalue weighted by Gasteiger charge is -2.33. The Morgan fingerprint density at radius 2 is 2.11 bits per heavy atom. The SMILES string of the molecule is COC(=O)c1cc(C)nc(NC2CCCN(CCCc3ccccc3)C2)n1. The van der Waals surface area contributed by atoms with E-state index in [0.717, 1.165) is 51.0 Å². The normalized spacial score (nSPS) is 17.5. The minimum atomic E-state index is -0.435. The molecule has 1 aromatic carbocycles. The van der Waals surface area contributed by atoms with Crippen molar-refractivity contribution in [3.05, 3.63) is 53.3 Å². The van der Waals surface area contributed by atoms with E-state index in [0.29, 0.717) is 17.7 Å². The van der Waals surface area contributed by atoms with Crippen LogP contribution >= 0.6 is 0 Å². The molecule has 1 aromatic heterocycles. The highest BCUT2D eigenvalue weighted by Gasteiger charge is 2.21. The van der Waals surface area contributed by atoms with Crippen molar-refractivity contribution in [2.75, 3.05) is 32.1 Å². The number of aromatic nitrogens is 2. The van der Waals surface area contributed by atoms with Gasteiger partial charge in [0.25, 0.3) is 0 Å². The second-order valence-electron chi connectivity index (χ2n) is 7.08. The maximum absolute atomic E-state index is 11.7. The molecule has 1 aliphatic heterocycles. The van der Waals surface area contributed by atoms with Gasteiger partial charge in [-0.25, -0.2) is 14.8 Å². The Balaban J connectivity index is 1.52. The van der Waals surface area contributed by atoms with Crippen LogP contribution in [0.25, 0.3) is 0 Å². The Morgan fingerprint density at radius 3 is 2.89 bits per heavy atom. The Hall–Kier alpha value is -2.47. The van der Waals surface area contributed by atoms with Gasteiger partial charge in [0.1, 0.15) is 0 Å².